The molecular formula is C29H32N4O2S. The van der Waals surface area contributed by atoms with Crippen molar-refractivity contribution in [3.63, 3.8) is 0 Å². The minimum atomic E-state index is -0.0275. The molecule has 0 unspecified atom stereocenters. The number of hydrogen-bond acceptors (Lipinski definition) is 4. The van der Waals surface area contributed by atoms with Crippen LogP contribution in [0.5, 0.6) is 0 Å². The van der Waals surface area contributed by atoms with Gasteiger partial charge >= 0.3 is 6.03 Å². The highest BCUT2D eigenvalue weighted by Gasteiger charge is 2.37. The summed E-state index contributed by atoms with van der Waals surface area (Å²) in [6.45, 7) is 2.35. The zero-order valence-corrected chi connectivity index (χ0v) is 21.9. The van der Waals surface area contributed by atoms with Crippen LogP contribution in [0.4, 0.5) is 4.79 Å². The van der Waals surface area contributed by atoms with Crippen LogP contribution >= 0.6 is 11.3 Å². The van der Waals surface area contributed by atoms with Crippen molar-refractivity contribution in [2.24, 2.45) is 7.05 Å². The molecule has 0 fully saturated rings. The Hall–Kier alpha value is -3.55. The Bertz CT molecular complexity index is 1370. The van der Waals surface area contributed by atoms with Crippen LogP contribution in [0.3, 0.4) is 0 Å². The van der Waals surface area contributed by atoms with E-state index in [0.717, 1.165) is 46.4 Å². The third kappa shape index (κ3) is 4.64. The molecule has 0 aliphatic carbocycles. The molecule has 0 N–H and O–H groups in total. The number of methoxy groups -OCH3 is 1. The van der Waals surface area contributed by atoms with E-state index < -0.39 is 0 Å². The van der Waals surface area contributed by atoms with E-state index in [9.17, 15) is 4.79 Å². The molecule has 2 amide bonds. The molecule has 0 atom stereocenters. The Balaban J connectivity index is 1.67. The van der Waals surface area contributed by atoms with Gasteiger partial charge in [-0.05, 0) is 40.8 Å². The maximum atomic E-state index is 13.9. The number of carbonyl (C=O) groups is 1. The first-order valence-electron chi connectivity index (χ1n) is 12.2. The lowest BCUT2D eigenvalue weighted by Gasteiger charge is -2.27. The summed E-state index contributed by atoms with van der Waals surface area (Å²) in [5, 5.41) is 4.42. The number of amides is 2. The van der Waals surface area contributed by atoms with Crippen LogP contribution in [0, 0.1) is 0 Å². The first-order chi connectivity index (χ1) is 17.6. The van der Waals surface area contributed by atoms with Crippen molar-refractivity contribution >= 4 is 39.5 Å². The Morgan fingerprint density at radius 2 is 1.86 bits per heavy atom. The highest BCUT2D eigenvalue weighted by atomic mass is 32.1. The summed E-state index contributed by atoms with van der Waals surface area (Å²) in [6.07, 6.45) is 2.99. The molecule has 3 heterocycles. The predicted octanol–water partition coefficient (Wildman–Crippen LogP) is 5.58. The van der Waals surface area contributed by atoms with E-state index in [-0.39, 0.29) is 6.03 Å². The number of aromatic nitrogens is 1. The minimum Gasteiger partial charge on any atom is -0.383 e. The lowest BCUT2D eigenvalue weighted by atomic mass is 10.00. The van der Waals surface area contributed by atoms with Gasteiger partial charge in [-0.25, -0.2) is 4.79 Å². The van der Waals surface area contributed by atoms with Gasteiger partial charge in [-0.15, -0.1) is 11.3 Å². The predicted molar refractivity (Wildman–Crippen MR) is 148 cm³/mol. The Morgan fingerprint density at radius 3 is 2.61 bits per heavy atom. The fourth-order valence-corrected chi connectivity index (χ4v) is 5.55. The molecule has 2 aromatic heterocycles. The van der Waals surface area contributed by atoms with Crippen LogP contribution in [0.15, 0.2) is 78.3 Å². The molecule has 186 valence electrons. The van der Waals surface area contributed by atoms with Gasteiger partial charge in [0.05, 0.1) is 30.4 Å². The number of fused-ring (bicyclic) bond motifs is 1. The second-order valence-electron chi connectivity index (χ2n) is 9.09. The smallest absolute Gasteiger partial charge is 0.325 e. The average molecular weight is 501 g/mol. The van der Waals surface area contributed by atoms with Gasteiger partial charge in [0.15, 0.2) is 0 Å². The van der Waals surface area contributed by atoms with Gasteiger partial charge in [0.1, 0.15) is 0 Å². The maximum Gasteiger partial charge on any atom is 0.325 e. The molecule has 5 rings (SSSR count). The van der Waals surface area contributed by atoms with Gasteiger partial charge in [0.2, 0.25) is 0 Å². The van der Waals surface area contributed by atoms with E-state index in [0.29, 0.717) is 19.8 Å². The van der Waals surface area contributed by atoms with E-state index in [1.54, 1.807) is 23.3 Å². The number of likely N-dealkylation sites (N-methyl/N-ethyl adjacent to an activating group) is 1. The van der Waals surface area contributed by atoms with Gasteiger partial charge in [-0.2, -0.15) is 0 Å². The third-order valence-electron chi connectivity index (χ3n) is 6.75. The van der Waals surface area contributed by atoms with Crippen LogP contribution in [-0.4, -0.2) is 65.8 Å². The van der Waals surface area contributed by atoms with Crippen LogP contribution in [0.1, 0.15) is 16.1 Å². The summed E-state index contributed by atoms with van der Waals surface area (Å²) < 4.78 is 7.39. The van der Waals surface area contributed by atoms with Gasteiger partial charge < -0.3 is 19.1 Å². The fraction of sp³-hybridized carbons (Fsp3) is 0.276. The molecule has 0 saturated carbocycles. The summed E-state index contributed by atoms with van der Waals surface area (Å²) in [4.78, 5) is 21.3. The summed E-state index contributed by atoms with van der Waals surface area (Å²) >= 11 is 1.78. The summed E-state index contributed by atoms with van der Waals surface area (Å²) in [5.74, 6) is 0. The number of thiophene rings is 1. The lowest BCUT2D eigenvalue weighted by molar-refractivity contribution is 0.142. The topological polar surface area (TPSA) is 41.0 Å². The van der Waals surface area contributed by atoms with Crippen molar-refractivity contribution in [2.45, 2.75) is 6.42 Å². The molecule has 0 spiro atoms. The van der Waals surface area contributed by atoms with Gasteiger partial charge in [-0.3, -0.25) is 4.90 Å². The molecule has 36 heavy (non-hydrogen) atoms. The molecule has 6 nitrogen and oxygen atoms in total. The third-order valence-corrected chi connectivity index (χ3v) is 7.69. The van der Waals surface area contributed by atoms with Crippen molar-refractivity contribution in [3.8, 4) is 0 Å². The average Bonchev–Trinajstić information content (AvgIpc) is 3.65. The summed E-state index contributed by atoms with van der Waals surface area (Å²) in [7, 11) is 5.57. The quantitative estimate of drug-likeness (QED) is 0.317. The first kappa shape index (κ1) is 24.2. The fourth-order valence-electron chi connectivity index (χ4n) is 4.85. The highest BCUT2D eigenvalue weighted by molar-refractivity contribution is 7.09. The lowest BCUT2D eigenvalue weighted by Crippen LogP contribution is -2.42. The molecule has 0 radical (unpaired) electrons. The van der Waals surface area contributed by atoms with Crippen molar-refractivity contribution in [2.75, 3.05) is 40.5 Å². The van der Waals surface area contributed by atoms with Crippen LogP contribution in [0.2, 0.25) is 0 Å². The molecule has 1 aliphatic rings. The molecule has 2 aromatic carbocycles. The van der Waals surface area contributed by atoms with Crippen molar-refractivity contribution in [1.29, 1.82) is 0 Å². The molecule has 7 heteroatoms. The normalized spacial score (nSPS) is 13.8. The number of nitrogens with zero attached hydrogens (tertiary/aromatic N) is 4. The van der Waals surface area contributed by atoms with E-state index in [1.165, 1.54) is 4.88 Å². The molecule has 0 saturated heterocycles. The Kier molecular flexibility index (Phi) is 7.11. The van der Waals surface area contributed by atoms with E-state index in [2.05, 4.69) is 94.8 Å². The van der Waals surface area contributed by atoms with Gasteiger partial charge in [0.25, 0.3) is 0 Å². The molecule has 1 aliphatic heterocycles. The number of aryl methyl sites for hydroxylation is 1. The van der Waals surface area contributed by atoms with Crippen molar-refractivity contribution in [3.05, 3.63) is 94.4 Å². The monoisotopic (exact) mass is 500 g/mol. The Morgan fingerprint density at radius 1 is 1.03 bits per heavy atom. The number of carbonyl (C=O) groups excluding carboxylic acids is 1. The van der Waals surface area contributed by atoms with Crippen molar-refractivity contribution in [1.82, 2.24) is 19.3 Å². The largest absolute Gasteiger partial charge is 0.383 e. The second kappa shape index (κ2) is 10.6. The molecule has 0 bridgehead atoms. The minimum absolute atomic E-state index is 0.0275. The maximum absolute atomic E-state index is 13.9. The summed E-state index contributed by atoms with van der Waals surface area (Å²) in [6, 6.07) is 23.2. The highest BCUT2D eigenvalue weighted by Crippen LogP contribution is 2.41. The first-order valence-corrected chi connectivity index (χ1v) is 13.1. The van der Waals surface area contributed by atoms with Gasteiger partial charge in [-0.1, -0.05) is 48.5 Å². The number of rotatable bonds is 8. The number of benzene rings is 2. The van der Waals surface area contributed by atoms with E-state index in [1.807, 2.05) is 11.9 Å². The molecule has 4 aromatic rings. The SMILES string of the molecule is COCCN(C)C(=O)N1CN(CCc2cccs2)C(c2cccn2C)=C1c1cccc2ccccc12. The van der Waals surface area contributed by atoms with Crippen LogP contribution in [0.25, 0.3) is 22.2 Å². The summed E-state index contributed by atoms with van der Waals surface area (Å²) in [5.41, 5.74) is 4.20. The van der Waals surface area contributed by atoms with Crippen LogP contribution < -0.4 is 0 Å². The van der Waals surface area contributed by atoms with E-state index >= 15 is 0 Å². The Labute approximate surface area is 216 Å². The number of urea groups is 1. The zero-order valence-electron chi connectivity index (χ0n) is 21.1. The van der Waals surface area contributed by atoms with Crippen LogP contribution in [-0.2, 0) is 18.2 Å². The van der Waals surface area contributed by atoms with Gasteiger partial charge in [0, 0.05) is 50.9 Å². The van der Waals surface area contributed by atoms with E-state index in [4.69, 9.17) is 4.74 Å². The number of hydrogen-bond donors (Lipinski definition) is 0. The second-order valence-corrected chi connectivity index (χ2v) is 10.1. The molecular weight excluding hydrogens is 468 g/mol. The zero-order chi connectivity index (χ0) is 25.1. The standard InChI is InChI=1S/C29H32N4O2S/c1-30-16-7-14-26(30)28-27(25-13-6-10-22-9-4-5-12-24(22)25)33(29(34)31(2)18-19-35-3)21-32(28)17-15-23-11-8-20-36-23/h4-14,16,20H,15,17-19,21H2,1-3H3. The number of ether oxygens (including phenoxy) is 1. The van der Waals surface area contributed by atoms with Crippen molar-refractivity contribution < 1.29 is 9.53 Å².